The summed E-state index contributed by atoms with van der Waals surface area (Å²) >= 11 is 3.38. The second-order valence-electron chi connectivity index (χ2n) is 6.06. The molecular formula is C20H24BrNO4. The Labute approximate surface area is 163 Å². The van der Waals surface area contributed by atoms with Crippen molar-refractivity contribution in [2.75, 3.05) is 27.3 Å². The number of benzene rings is 2. The van der Waals surface area contributed by atoms with Crippen LogP contribution in [0.2, 0.25) is 0 Å². The van der Waals surface area contributed by atoms with Crippen molar-refractivity contribution in [2.45, 2.75) is 20.0 Å². The van der Waals surface area contributed by atoms with E-state index in [9.17, 15) is 4.79 Å². The highest BCUT2D eigenvalue weighted by Gasteiger charge is 2.15. The first kappa shape index (κ1) is 20.1. The molecule has 140 valence electrons. The highest BCUT2D eigenvalue weighted by Crippen LogP contribution is 2.29. The number of amides is 1. The van der Waals surface area contributed by atoms with E-state index in [0.29, 0.717) is 30.2 Å². The van der Waals surface area contributed by atoms with Crippen LogP contribution in [-0.2, 0) is 0 Å². The normalized spacial score (nSPS) is 10.5. The average Bonchev–Trinajstić information content (AvgIpc) is 2.62. The lowest BCUT2D eigenvalue weighted by atomic mass is 10.1. The molecule has 26 heavy (non-hydrogen) atoms. The van der Waals surface area contributed by atoms with Gasteiger partial charge < -0.3 is 19.1 Å². The maximum Gasteiger partial charge on any atom is 0.253 e. The molecule has 0 saturated carbocycles. The zero-order chi connectivity index (χ0) is 19.1. The van der Waals surface area contributed by atoms with Crippen LogP contribution in [0.4, 0.5) is 0 Å². The van der Waals surface area contributed by atoms with Crippen LogP contribution in [0.25, 0.3) is 0 Å². The summed E-state index contributed by atoms with van der Waals surface area (Å²) in [6.07, 6.45) is 0.0314. The average molecular weight is 422 g/mol. The van der Waals surface area contributed by atoms with Crippen LogP contribution in [0.5, 0.6) is 17.2 Å². The molecule has 2 aromatic rings. The van der Waals surface area contributed by atoms with Gasteiger partial charge in [-0.3, -0.25) is 4.79 Å². The summed E-state index contributed by atoms with van der Waals surface area (Å²) in [5.41, 5.74) is 0.545. The van der Waals surface area contributed by atoms with Crippen molar-refractivity contribution in [3.63, 3.8) is 0 Å². The number of ether oxygens (including phenoxy) is 3. The van der Waals surface area contributed by atoms with Gasteiger partial charge >= 0.3 is 0 Å². The Kier molecular flexibility index (Phi) is 7.33. The third kappa shape index (κ3) is 5.66. The number of hydrogen-bond donors (Lipinski definition) is 0. The maximum atomic E-state index is 12.6. The second kappa shape index (κ2) is 9.48. The summed E-state index contributed by atoms with van der Waals surface area (Å²) in [6, 6.07) is 12.8. The van der Waals surface area contributed by atoms with E-state index in [1.165, 1.54) is 0 Å². The van der Waals surface area contributed by atoms with Crippen LogP contribution in [0.3, 0.4) is 0 Å². The van der Waals surface area contributed by atoms with E-state index in [1.807, 2.05) is 38.1 Å². The van der Waals surface area contributed by atoms with Crippen molar-refractivity contribution in [3.8, 4) is 17.2 Å². The molecule has 1 amide bonds. The lowest BCUT2D eigenvalue weighted by Crippen LogP contribution is -2.30. The van der Waals surface area contributed by atoms with Gasteiger partial charge in [-0.2, -0.15) is 0 Å². The second-order valence-corrected chi connectivity index (χ2v) is 6.98. The number of likely N-dealkylation sites (N-methyl/N-ethyl adjacent to an activating group) is 1. The molecule has 0 N–H and O–H groups in total. The molecule has 6 heteroatoms. The first-order valence-electron chi connectivity index (χ1n) is 8.39. The molecule has 0 fully saturated rings. The summed E-state index contributed by atoms with van der Waals surface area (Å²) in [6.45, 7) is 4.77. The van der Waals surface area contributed by atoms with E-state index in [0.717, 1.165) is 10.2 Å². The van der Waals surface area contributed by atoms with Gasteiger partial charge in [0.2, 0.25) is 0 Å². The predicted octanol–water partition coefficient (Wildman–Crippen LogP) is 4.40. The van der Waals surface area contributed by atoms with Crippen molar-refractivity contribution < 1.29 is 19.0 Å². The Bertz CT molecular complexity index is 731. The number of hydrogen-bond acceptors (Lipinski definition) is 4. The molecule has 0 unspecified atom stereocenters. The van der Waals surface area contributed by atoms with Crippen LogP contribution >= 0.6 is 15.9 Å². The van der Waals surface area contributed by atoms with Crippen LogP contribution in [-0.4, -0.2) is 44.2 Å². The summed E-state index contributed by atoms with van der Waals surface area (Å²) in [4.78, 5) is 14.2. The first-order valence-corrected chi connectivity index (χ1v) is 9.18. The van der Waals surface area contributed by atoms with Gasteiger partial charge in [-0.25, -0.2) is 0 Å². The van der Waals surface area contributed by atoms with Gasteiger partial charge in [-0.15, -0.1) is 0 Å². The molecule has 0 atom stereocenters. The third-order valence-corrected chi connectivity index (χ3v) is 4.16. The summed E-state index contributed by atoms with van der Waals surface area (Å²) in [5.74, 6) is 1.84. The van der Waals surface area contributed by atoms with Crippen LogP contribution in [0.1, 0.15) is 24.2 Å². The topological polar surface area (TPSA) is 48.0 Å². The van der Waals surface area contributed by atoms with Crippen molar-refractivity contribution in [1.29, 1.82) is 0 Å². The van der Waals surface area contributed by atoms with Gasteiger partial charge in [-0.05, 0) is 56.3 Å². The van der Waals surface area contributed by atoms with Gasteiger partial charge in [0.15, 0.2) is 11.5 Å². The van der Waals surface area contributed by atoms with Gasteiger partial charge in [0, 0.05) is 17.1 Å². The van der Waals surface area contributed by atoms with Crippen molar-refractivity contribution in [1.82, 2.24) is 4.90 Å². The molecule has 2 aromatic carbocycles. The quantitative estimate of drug-likeness (QED) is 0.633. The highest BCUT2D eigenvalue weighted by molar-refractivity contribution is 9.10. The Morgan fingerprint density at radius 3 is 2.42 bits per heavy atom. The molecule has 0 spiro atoms. The number of halogens is 1. The van der Waals surface area contributed by atoms with Gasteiger partial charge in [0.25, 0.3) is 5.91 Å². The highest BCUT2D eigenvalue weighted by atomic mass is 79.9. The maximum absolute atomic E-state index is 12.6. The molecule has 5 nitrogen and oxygen atoms in total. The molecular weight excluding hydrogens is 398 g/mol. The smallest absolute Gasteiger partial charge is 0.253 e. The van der Waals surface area contributed by atoms with Gasteiger partial charge in [0.05, 0.1) is 19.8 Å². The molecule has 0 saturated heterocycles. The predicted molar refractivity (Wildman–Crippen MR) is 105 cm³/mol. The summed E-state index contributed by atoms with van der Waals surface area (Å²) in [5, 5.41) is 0. The minimum atomic E-state index is -0.0983. The molecule has 0 aromatic heterocycles. The molecule has 0 heterocycles. The summed E-state index contributed by atoms with van der Waals surface area (Å²) < 4.78 is 17.7. The fraction of sp³-hybridized carbons (Fsp3) is 0.350. The largest absolute Gasteiger partial charge is 0.493 e. The molecule has 2 rings (SSSR count). The first-order chi connectivity index (χ1) is 12.4. The number of methoxy groups -OCH3 is 1. The van der Waals surface area contributed by atoms with E-state index >= 15 is 0 Å². The van der Waals surface area contributed by atoms with Gasteiger partial charge in [0.1, 0.15) is 12.4 Å². The fourth-order valence-corrected chi connectivity index (χ4v) is 2.57. The van der Waals surface area contributed by atoms with E-state index in [-0.39, 0.29) is 12.0 Å². The number of nitrogens with zero attached hydrogens (tertiary/aromatic N) is 1. The minimum absolute atomic E-state index is 0.0314. The molecule has 0 aliphatic carbocycles. The van der Waals surface area contributed by atoms with Crippen molar-refractivity contribution >= 4 is 21.8 Å². The number of carbonyl (C=O) groups is 1. The lowest BCUT2D eigenvalue weighted by Gasteiger charge is -2.19. The number of carbonyl (C=O) groups excluding carboxylic acids is 1. The molecule has 0 bridgehead atoms. The van der Waals surface area contributed by atoms with E-state index in [2.05, 4.69) is 15.9 Å². The zero-order valence-corrected chi connectivity index (χ0v) is 17.1. The lowest BCUT2D eigenvalue weighted by molar-refractivity contribution is 0.0773. The van der Waals surface area contributed by atoms with E-state index < -0.39 is 0 Å². The van der Waals surface area contributed by atoms with Crippen LogP contribution < -0.4 is 14.2 Å². The van der Waals surface area contributed by atoms with E-state index in [1.54, 1.807) is 37.3 Å². The Morgan fingerprint density at radius 2 is 1.81 bits per heavy atom. The van der Waals surface area contributed by atoms with E-state index in [4.69, 9.17) is 14.2 Å². The van der Waals surface area contributed by atoms with Crippen LogP contribution in [0.15, 0.2) is 46.9 Å². The van der Waals surface area contributed by atoms with Gasteiger partial charge in [-0.1, -0.05) is 15.9 Å². The Hall–Kier alpha value is -2.21. The third-order valence-electron chi connectivity index (χ3n) is 3.63. The zero-order valence-electron chi connectivity index (χ0n) is 15.5. The van der Waals surface area contributed by atoms with Crippen molar-refractivity contribution in [3.05, 3.63) is 52.5 Å². The number of rotatable bonds is 8. The molecule has 0 radical (unpaired) electrons. The van der Waals surface area contributed by atoms with Crippen molar-refractivity contribution in [2.24, 2.45) is 0 Å². The summed E-state index contributed by atoms with van der Waals surface area (Å²) in [7, 11) is 3.31. The standard InChI is InChI=1S/C20H24BrNO4/c1-14(2)26-18-10-5-15(13-19(18)24-4)20(23)22(3)11-12-25-17-8-6-16(21)7-9-17/h5-10,13-14H,11-12H2,1-4H3. The molecule has 0 aliphatic heterocycles. The SMILES string of the molecule is COc1cc(C(=O)N(C)CCOc2ccc(Br)cc2)ccc1OC(C)C. The Balaban J connectivity index is 1.95. The Morgan fingerprint density at radius 1 is 1.12 bits per heavy atom. The van der Waals surface area contributed by atoms with Crippen LogP contribution in [0, 0.1) is 0 Å². The minimum Gasteiger partial charge on any atom is -0.493 e. The monoisotopic (exact) mass is 421 g/mol. The molecule has 0 aliphatic rings. The fourth-order valence-electron chi connectivity index (χ4n) is 2.31.